The molecule has 1 rings (SSSR count). The molecule has 0 heterocycles. The van der Waals surface area contributed by atoms with E-state index in [0.717, 1.165) is 5.69 Å². The first kappa shape index (κ1) is 15.0. The Morgan fingerprint density at radius 3 is 2.68 bits per heavy atom. The zero-order chi connectivity index (χ0) is 14.1. The van der Waals surface area contributed by atoms with Gasteiger partial charge in [-0.05, 0) is 31.6 Å². The molecule has 0 amide bonds. The van der Waals surface area contributed by atoms with E-state index in [9.17, 15) is 9.59 Å². The van der Waals surface area contributed by atoms with Crippen LogP contribution in [0.25, 0.3) is 0 Å². The van der Waals surface area contributed by atoms with Gasteiger partial charge in [0.25, 0.3) is 0 Å². The highest BCUT2D eigenvalue weighted by atomic mass is 16.5. The van der Waals surface area contributed by atoms with Crippen LogP contribution < -0.4 is 5.32 Å². The van der Waals surface area contributed by atoms with Gasteiger partial charge in [0.1, 0.15) is 18.8 Å². The lowest BCUT2D eigenvalue weighted by atomic mass is 10.2. The molecule has 1 aromatic carbocycles. The van der Waals surface area contributed by atoms with Crippen molar-refractivity contribution in [3.63, 3.8) is 0 Å². The van der Waals surface area contributed by atoms with E-state index in [1.54, 1.807) is 6.08 Å². The molecule has 0 saturated heterocycles. The Balaban J connectivity index is 2.19. The van der Waals surface area contributed by atoms with Crippen LogP contribution in [0.5, 0.6) is 0 Å². The van der Waals surface area contributed by atoms with E-state index in [0.29, 0.717) is 6.54 Å². The van der Waals surface area contributed by atoms with Gasteiger partial charge < -0.3 is 10.1 Å². The second-order valence-corrected chi connectivity index (χ2v) is 4.23. The Morgan fingerprint density at radius 1 is 1.26 bits per heavy atom. The van der Waals surface area contributed by atoms with Gasteiger partial charge in [-0.3, -0.25) is 9.59 Å². The molecule has 0 aromatic heterocycles. The van der Waals surface area contributed by atoms with Crippen molar-refractivity contribution in [3.05, 3.63) is 42.0 Å². The summed E-state index contributed by atoms with van der Waals surface area (Å²) in [6, 6.07) is 8.01. The van der Waals surface area contributed by atoms with Crippen LogP contribution in [0.2, 0.25) is 0 Å². The Morgan fingerprint density at radius 2 is 2.00 bits per heavy atom. The third-order valence-electron chi connectivity index (χ3n) is 2.46. The molecule has 0 fully saturated rings. The minimum absolute atomic E-state index is 0.157. The van der Waals surface area contributed by atoms with Gasteiger partial charge in [0.05, 0.1) is 0 Å². The van der Waals surface area contributed by atoms with Crippen molar-refractivity contribution in [3.8, 4) is 0 Å². The van der Waals surface area contributed by atoms with Crippen LogP contribution in [0.4, 0.5) is 5.69 Å². The Kier molecular flexibility index (Phi) is 6.36. The number of hydrogen-bond donors (Lipinski definition) is 1. The first-order valence-electron chi connectivity index (χ1n) is 6.19. The zero-order valence-electron chi connectivity index (χ0n) is 11.3. The topological polar surface area (TPSA) is 55.4 Å². The third-order valence-corrected chi connectivity index (χ3v) is 2.46. The second kappa shape index (κ2) is 8.08. The summed E-state index contributed by atoms with van der Waals surface area (Å²) in [5.41, 5.74) is 2.27. The van der Waals surface area contributed by atoms with Crippen LogP contribution in [0.1, 0.15) is 18.9 Å². The van der Waals surface area contributed by atoms with E-state index in [-0.39, 0.29) is 18.8 Å². The molecule has 4 heteroatoms. The SMILES string of the molecule is CC(=O)CC(=O)OCC=CCNc1ccccc1C. The quantitative estimate of drug-likeness (QED) is 0.465. The number of para-hydroxylation sites is 1. The molecule has 0 radical (unpaired) electrons. The number of rotatable bonds is 7. The van der Waals surface area contributed by atoms with Gasteiger partial charge in [-0.15, -0.1) is 0 Å². The first-order chi connectivity index (χ1) is 9.09. The van der Waals surface area contributed by atoms with E-state index in [2.05, 4.69) is 5.32 Å². The molecule has 0 saturated carbocycles. The van der Waals surface area contributed by atoms with Crippen LogP contribution in [-0.4, -0.2) is 24.9 Å². The van der Waals surface area contributed by atoms with Gasteiger partial charge in [0.15, 0.2) is 0 Å². The van der Waals surface area contributed by atoms with Crippen molar-refractivity contribution < 1.29 is 14.3 Å². The standard InChI is InChI=1S/C15H19NO3/c1-12-7-3-4-8-14(12)16-9-5-6-10-19-15(18)11-13(2)17/h3-8,16H,9-11H2,1-2H3. The predicted molar refractivity (Wildman–Crippen MR) is 75.1 cm³/mol. The highest BCUT2D eigenvalue weighted by Crippen LogP contribution is 2.12. The highest BCUT2D eigenvalue weighted by Gasteiger charge is 2.04. The number of Topliss-reactive ketones (excluding diaryl/α,β-unsaturated/α-hetero) is 1. The number of ketones is 1. The van der Waals surface area contributed by atoms with Gasteiger partial charge in [-0.2, -0.15) is 0 Å². The summed E-state index contributed by atoms with van der Waals surface area (Å²) in [4.78, 5) is 21.7. The molecule has 102 valence electrons. The molecular formula is C15H19NO3. The summed E-state index contributed by atoms with van der Waals surface area (Å²) in [5.74, 6) is -0.667. The lowest BCUT2D eigenvalue weighted by Crippen LogP contribution is -2.09. The number of benzene rings is 1. The minimum atomic E-state index is -0.482. The van der Waals surface area contributed by atoms with Crippen molar-refractivity contribution in [1.29, 1.82) is 0 Å². The number of ether oxygens (including phenoxy) is 1. The molecule has 0 aliphatic carbocycles. The summed E-state index contributed by atoms with van der Waals surface area (Å²) < 4.78 is 4.85. The fourth-order valence-corrected chi connectivity index (χ4v) is 1.49. The summed E-state index contributed by atoms with van der Waals surface area (Å²) >= 11 is 0. The van der Waals surface area contributed by atoms with Crippen LogP contribution >= 0.6 is 0 Å². The van der Waals surface area contributed by atoms with E-state index < -0.39 is 5.97 Å². The van der Waals surface area contributed by atoms with Crippen molar-refractivity contribution >= 4 is 17.4 Å². The summed E-state index contributed by atoms with van der Waals surface area (Å²) in [6.07, 6.45) is 3.48. The van der Waals surface area contributed by atoms with Gasteiger partial charge in [0.2, 0.25) is 0 Å². The number of nitrogens with one attached hydrogen (secondary N) is 1. The zero-order valence-corrected chi connectivity index (χ0v) is 11.3. The molecule has 1 aromatic rings. The number of carbonyl (C=O) groups is 2. The normalized spacial score (nSPS) is 10.4. The summed E-state index contributed by atoms with van der Waals surface area (Å²) in [6.45, 7) is 4.26. The molecule has 0 aliphatic heterocycles. The number of esters is 1. The van der Waals surface area contributed by atoms with Crippen LogP contribution in [0.15, 0.2) is 36.4 Å². The predicted octanol–water partition coefficient (Wildman–Crippen LogP) is 2.49. The Hall–Kier alpha value is -2.10. The number of anilines is 1. The summed E-state index contributed by atoms with van der Waals surface area (Å²) in [5, 5.41) is 3.25. The fraction of sp³-hybridized carbons (Fsp3) is 0.333. The van der Waals surface area contributed by atoms with Gasteiger partial charge in [0, 0.05) is 12.2 Å². The average molecular weight is 261 g/mol. The van der Waals surface area contributed by atoms with E-state index >= 15 is 0 Å². The average Bonchev–Trinajstić information content (AvgIpc) is 2.34. The Labute approximate surface area is 113 Å². The molecule has 0 atom stereocenters. The van der Waals surface area contributed by atoms with E-state index in [1.165, 1.54) is 12.5 Å². The van der Waals surface area contributed by atoms with Gasteiger partial charge >= 0.3 is 5.97 Å². The van der Waals surface area contributed by atoms with Crippen LogP contribution in [0, 0.1) is 6.92 Å². The number of hydrogen-bond acceptors (Lipinski definition) is 4. The van der Waals surface area contributed by atoms with Crippen molar-refractivity contribution in [2.45, 2.75) is 20.3 Å². The lowest BCUT2D eigenvalue weighted by Gasteiger charge is -2.06. The molecular weight excluding hydrogens is 242 g/mol. The largest absolute Gasteiger partial charge is 0.461 e. The van der Waals surface area contributed by atoms with E-state index in [4.69, 9.17) is 4.74 Å². The smallest absolute Gasteiger partial charge is 0.313 e. The van der Waals surface area contributed by atoms with Gasteiger partial charge in [-0.1, -0.05) is 24.3 Å². The maximum absolute atomic E-state index is 11.1. The van der Waals surface area contributed by atoms with Gasteiger partial charge in [-0.25, -0.2) is 0 Å². The molecule has 0 bridgehead atoms. The molecule has 4 nitrogen and oxygen atoms in total. The maximum atomic E-state index is 11.1. The minimum Gasteiger partial charge on any atom is -0.461 e. The van der Waals surface area contributed by atoms with Crippen molar-refractivity contribution in [1.82, 2.24) is 0 Å². The van der Waals surface area contributed by atoms with Crippen molar-refractivity contribution in [2.24, 2.45) is 0 Å². The maximum Gasteiger partial charge on any atom is 0.313 e. The first-order valence-corrected chi connectivity index (χ1v) is 6.19. The fourth-order valence-electron chi connectivity index (χ4n) is 1.49. The summed E-state index contributed by atoms with van der Waals surface area (Å²) in [7, 11) is 0. The van der Waals surface area contributed by atoms with Crippen LogP contribution in [-0.2, 0) is 14.3 Å². The van der Waals surface area contributed by atoms with Crippen LogP contribution in [0.3, 0.4) is 0 Å². The van der Waals surface area contributed by atoms with Crippen molar-refractivity contribution in [2.75, 3.05) is 18.5 Å². The number of aryl methyl sites for hydroxylation is 1. The molecule has 0 spiro atoms. The number of carbonyl (C=O) groups excluding carboxylic acids is 2. The Bertz CT molecular complexity index is 466. The third kappa shape index (κ3) is 6.41. The lowest BCUT2D eigenvalue weighted by molar-refractivity contribution is -0.144. The molecule has 0 aliphatic rings. The molecule has 1 N–H and O–H groups in total. The molecule has 0 unspecified atom stereocenters. The molecule has 19 heavy (non-hydrogen) atoms. The second-order valence-electron chi connectivity index (χ2n) is 4.23. The highest BCUT2D eigenvalue weighted by molar-refractivity contribution is 5.94. The van der Waals surface area contributed by atoms with E-state index in [1.807, 2.05) is 37.3 Å². The monoisotopic (exact) mass is 261 g/mol.